The van der Waals surface area contributed by atoms with E-state index in [0.29, 0.717) is 16.9 Å². The first-order chi connectivity index (χ1) is 12.0. The van der Waals surface area contributed by atoms with Crippen LogP contribution in [0.4, 0.5) is 0 Å². The Kier molecular flexibility index (Phi) is 6.20. The van der Waals surface area contributed by atoms with Gasteiger partial charge in [0.1, 0.15) is 0 Å². The topological polar surface area (TPSA) is 79.5 Å². The van der Waals surface area contributed by atoms with Crippen molar-refractivity contribution in [2.75, 3.05) is 7.11 Å². The van der Waals surface area contributed by atoms with Gasteiger partial charge in [0, 0.05) is 10.0 Å². The van der Waals surface area contributed by atoms with E-state index in [-0.39, 0.29) is 5.75 Å². The molecule has 0 aliphatic rings. The molecule has 0 aromatic heterocycles. The van der Waals surface area contributed by atoms with Crippen molar-refractivity contribution in [2.45, 2.75) is 13.0 Å². The first-order valence-electron chi connectivity index (χ1n) is 7.40. The van der Waals surface area contributed by atoms with Crippen LogP contribution in [0.1, 0.15) is 18.1 Å². The molecular formula is C19H16BrNO4. The third-order valence-corrected chi connectivity index (χ3v) is 3.98. The minimum atomic E-state index is -1.09. The molecule has 0 spiro atoms. The Bertz CT molecular complexity index is 837. The number of carboxylic acid groups (broad SMARTS) is 1. The number of aliphatic carboxylic acids is 1. The van der Waals surface area contributed by atoms with E-state index in [1.165, 1.54) is 14.0 Å². The smallest absolute Gasteiger partial charge is 0.344 e. The minimum Gasteiger partial charge on any atom is -0.493 e. The summed E-state index contributed by atoms with van der Waals surface area (Å²) in [6.45, 7) is 1.43. The molecule has 25 heavy (non-hydrogen) atoms. The van der Waals surface area contributed by atoms with Gasteiger partial charge in [0.15, 0.2) is 17.6 Å². The zero-order chi connectivity index (χ0) is 18.4. The first kappa shape index (κ1) is 18.6. The molecule has 2 aromatic carbocycles. The summed E-state index contributed by atoms with van der Waals surface area (Å²) in [5.74, 6) is -0.408. The lowest BCUT2D eigenvalue weighted by Crippen LogP contribution is -2.23. The molecule has 0 radical (unpaired) electrons. The molecule has 0 amide bonds. The van der Waals surface area contributed by atoms with E-state index in [1.54, 1.807) is 24.3 Å². The lowest BCUT2D eigenvalue weighted by atomic mass is 10.0. The van der Waals surface area contributed by atoms with Crippen molar-refractivity contribution in [1.29, 1.82) is 5.26 Å². The van der Waals surface area contributed by atoms with E-state index < -0.39 is 12.1 Å². The maximum absolute atomic E-state index is 11.1. The van der Waals surface area contributed by atoms with Crippen LogP contribution in [-0.4, -0.2) is 24.3 Å². The largest absolute Gasteiger partial charge is 0.493 e. The van der Waals surface area contributed by atoms with Gasteiger partial charge in [0.25, 0.3) is 0 Å². The summed E-state index contributed by atoms with van der Waals surface area (Å²) in [5, 5.41) is 18.6. The van der Waals surface area contributed by atoms with Crippen LogP contribution in [0.5, 0.6) is 11.5 Å². The van der Waals surface area contributed by atoms with Gasteiger partial charge in [0.05, 0.1) is 18.8 Å². The van der Waals surface area contributed by atoms with Gasteiger partial charge >= 0.3 is 5.97 Å². The Morgan fingerprint density at radius 2 is 1.96 bits per heavy atom. The quantitative estimate of drug-likeness (QED) is 0.573. The molecule has 1 atom stereocenters. The summed E-state index contributed by atoms with van der Waals surface area (Å²) in [6.07, 6.45) is 0.594. The highest BCUT2D eigenvalue weighted by molar-refractivity contribution is 9.10. The number of halogens is 1. The van der Waals surface area contributed by atoms with Crippen molar-refractivity contribution in [3.8, 4) is 17.6 Å². The molecule has 6 heteroatoms. The number of methoxy groups -OCH3 is 1. The normalized spacial score (nSPS) is 12.2. The number of allylic oxidation sites excluding steroid dienone is 1. The van der Waals surface area contributed by atoms with Crippen LogP contribution in [0.2, 0.25) is 0 Å². The second-order valence-corrected chi connectivity index (χ2v) is 6.07. The molecule has 0 fully saturated rings. The highest BCUT2D eigenvalue weighted by atomic mass is 79.9. The van der Waals surface area contributed by atoms with Crippen LogP contribution in [0.3, 0.4) is 0 Å². The van der Waals surface area contributed by atoms with Crippen LogP contribution >= 0.6 is 15.9 Å². The zero-order valence-electron chi connectivity index (χ0n) is 13.7. The van der Waals surface area contributed by atoms with Crippen LogP contribution < -0.4 is 9.47 Å². The third-order valence-electron chi connectivity index (χ3n) is 3.45. The van der Waals surface area contributed by atoms with Gasteiger partial charge in [-0.15, -0.1) is 0 Å². The van der Waals surface area contributed by atoms with Gasteiger partial charge in [-0.2, -0.15) is 5.26 Å². The summed E-state index contributed by atoms with van der Waals surface area (Å²) in [6, 6.07) is 14.6. The number of nitriles is 1. The predicted molar refractivity (Wildman–Crippen MR) is 98.3 cm³/mol. The summed E-state index contributed by atoms with van der Waals surface area (Å²) in [7, 11) is 1.47. The van der Waals surface area contributed by atoms with Crippen LogP contribution in [0, 0.1) is 11.3 Å². The standard InChI is InChI=1S/C19H16BrNO4/c1-12(19(22)23)25-18-14(4-3-5-17(18)24-2)10-15(11-21)13-6-8-16(20)9-7-13/h3-10,12H,1-2H3,(H,22,23)/b15-10+. The van der Waals surface area contributed by atoms with E-state index in [2.05, 4.69) is 22.0 Å². The van der Waals surface area contributed by atoms with E-state index >= 15 is 0 Å². The Morgan fingerprint density at radius 1 is 1.28 bits per heavy atom. The molecule has 0 saturated heterocycles. The van der Waals surface area contributed by atoms with E-state index in [4.69, 9.17) is 14.6 Å². The number of carbonyl (C=O) groups is 1. The predicted octanol–water partition coefficient (Wildman–Crippen LogP) is 4.37. The number of para-hydroxylation sites is 1. The van der Waals surface area contributed by atoms with Crippen LogP contribution in [0.15, 0.2) is 46.9 Å². The number of nitrogens with zero attached hydrogens (tertiary/aromatic N) is 1. The fourth-order valence-electron chi connectivity index (χ4n) is 2.13. The molecule has 128 valence electrons. The molecule has 0 bridgehead atoms. The second kappa shape index (κ2) is 8.36. The van der Waals surface area contributed by atoms with Gasteiger partial charge in [-0.3, -0.25) is 0 Å². The Hall–Kier alpha value is -2.78. The lowest BCUT2D eigenvalue weighted by Gasteiger charge is -2.16. The van der Waals surface area contributed by atoms with E-state index in [9.17, 15) is 10.1 Å². The SMILES string of the molecule is COc1cccc(/C=C(\C#N)c2ccc(Br)cc2)c1OC(C)C(=O)O. The van der Waals surface area contributed by atoms with Crippen molar-refractivity contribution >= 4 is 33.5 Å². The van der Waals surface area contributed by atoms with Crippen molar-refractivity contribution in [3.05, 3.63) is 58.1 Å². The van der Waals surface area contributed by atoms with Crippen molar-refractivity contribution in [3.63, 3.8) is 0 Å². The van der Waals surface area contributed by atoms with Crippen molar-refractivity contribution in [2.24, 2.45) is 0 Å². The van der Waals surface area contributed by atoms with E-state index in [0.717, 1.165) is 10.0 Å². The average Bonchev–Trinajstić information content (AvgIpc) is 2.61. The highest BCUT2D eigenvalue weighted by Gasteiger charge is 2.18. The molecule has 0 heterocycles. The number of carboxylic acids is 1. The number of hydrogen-bond acceptors (Lipinski definition) is 4. The molecule has 0 saturated carbocycles. The summed E-state index contributed by atoms with van der Waals surface area (Å²) in [5.41, 5.74) is 1.73. The molecule has 2 rings (SSSR count). The molecule has 1 unspecified atom stereocenters. The van der Waals surface area contributed by atoms with Crippen molar-refractivity contribution < 1.29 is 19.4 Å². The van der Waals surface area contributed by atoms with Gasteiger partial charge in [-0.05, 0) is 36.8 Å². The van der Waals surface area contributed by atoms with Gasteiger partial charge < -0.3 is 14.6 Å². The highest BCUT2D eigenvalue weighted by Crippen LogP contribution is 2.34. The number of rotatable bonds is 6. The maximum atomic E-state index is 11.1. The molecule has 2 aromatic rings. The van der Waals surface area contributed by atoms with Gasteiger partial charge in [-0.1, -0.05) is 40.2 Å². The number of hydrogen-bond donors (Lipinski definition) is 1. The molecule has 5 nitrogen and oxygen atoms in total. The van der Waals surface area contributed by atoms with Gasteiger partial charge in [0.2, 0.25) is 0 Å². The van der Waals surface area contributed by atoms with Crippen LogP contribution in [-0.2, 0) is 4.79 Å². The summed E-state index contributed by atoms with van der Waals surface area (Å²) in [4.78, 5) is 11.1. The second-order valence-electron chi connectivity index (χ2n) is 5.15. The number of ether oxygens (including phenoxy) is 2. The lowest BCUT2D eigenvalue weighted by molar-refractivity contribution is -0.144. The fraction of sp³-hybridized carbons (Fsp3) is 0.158. The first-order valence-corrected chi connectivity index (χ1v) is 8.19. The number of benzene rings is 2. The van der Waals surface area contributed by atoms with Crippen LogP contribution in [0.25, 0.3) is 11.6 Å². The minimum absolute atomic E-state index is 0.282. The maximum Gasteiger partial charge on any atom is 0.344 e. The van der Waals surface area contributed by atoms with E-state index in [1.807, 2.05) is 24.3 Å². The monoisotopic (exact) mass is 401 g/mol. The molecular weight excluding hydrogens is 386 g/mol. The Balaban J connectivity index is 2.51. The third kappa shape index (κ3) is 4.61. The Labute approximate surface area is 154 Å². The summed E-state index contributed by atoms with van der Waals surface area (Å²) >= 11 is 3.36. The zero-order valence-corrected chi connectivity index (χ0v) is 15.3. The Morgan fingerprint density at radius 3 is 2.52 bits per heavy atom. The summed E-state index contributed by atoms with van der Waals surface area (Å²) < 4.78 is 11.7. The van der Waals surface area contributed by atoms with Crippen molar-refractivity contribution in [1.82, 2.24) is 0 Å². The average molecular weight is 402 g/mol. The molecule has 0 aliphatic heterocycles. The fourth-order valence-corrected chi connectivity index (χ4v) is 2.39. The molecule has 0 aliphatic carbocycles. The van der Waals surface area contributed by atoms with Gasteiger partial charge in [-0.25, -0.2) is 4.79 Å². The molecule has 1 N–H and O–H groups in total.